The molecular formula is C12H13ClN2O4. The van der Waals surface area contributed by atoms with Crippen LogP contribution >= 0.6 is 11.6 Å². The van der Waals surface area contributed by atoms with Crippen LogP contribution < -0.4 is 4.90 Å². The summed E-state index contributed by atoms with van der Waals surface area (Å²) in [6.07, 6.45) is 0.482. The quantitative estimate of drug-likeness (QED) is 0.681. The minimum atomic E-state index is -0.869. The molecule has 2 atom stereocenters. The first-order valence-electron chi connectivity index (χ1n) is 5.85. The normalized spacial score (nSPS) is 22.5. The predicted octanol–water partition coefficient (Wildman–Crippen LogP) is 2.55. The number of halogens is 1. The van der Waals surface area contributed by atoms with Gasteiger partial charge in [-0.1, -0.05) is 11.6 Å². The van der Waals surface area contributed by atoms with E-state index in [1.165, 1.54) is 6.07 Å². The fourth-order valence-electron chi connectivity index (χ4n) is 2.50. The highest BCUT2D eigenvalue weighted by atomic mass is 35.5. The number of rotatable bonds is 3. The molecule has 0 spiro atoms. The van der Waals surface area contributed by atoms with Crippen LogP contribution in [0.5, 0.6) is 0 Å². The molecule has 1 heterocycles. The number of anilines is 1. The predicted molar refractivity (Wildman–Crippen MR) is 70.7 cm³/mol. The zero-order valence-corrected chi connectivity index (χ0v) is 11.0. The zero-order valence-electron chi connectivity index (χ0n) is 10.2. The van der Waals surface area contributed by atoms with Crippen LogP contribution in [0.4, 0.5) is 11.4 Å². The smallest absolute Gasteiger partial charge is 0.308 e. The van der Waals surface area contributed by atoms with Crippen LogP contribution in [0.15, 0.2) is 18.2 Å². The number of carboxylic acid groups (broad SMARTS) is 1. The Labute approximate surface area is 114 Å². The van der Waals surface area contributed by atoms with Crippen molar-refractivity contribution in [2.75, 3.05) is 11.4 Å². The topological polar surface area (TPSA) is 83.7 Å². The summed E-state index contributed by atoms with van der Waals surface area (Å²) in [5, 5.41) is 20.4. The number of hydrogen-bond donors (Lipinski definition) is 1. The summed E-state index contributed by atoms with van der Waals surface area (Å²) in [6, 6.07) is 4.15. The average molecular weight is 285 g/mol. The summed E-state index contributed by atoms with van der Waals surface area (Å²) in [5.74, 6) is -1.37. The molecule has 1 aliphatic heterocycles. The lowest BCUT2D eigenvalue weighted by molar-refractivity contribution is -0.384. The van der Waals surface area contributed by atoms with Crippen molar-refractivity contribution in [3.8, 4) is 0 Å². The first-order chi connectivity index (χ1) is 8.91. The van der Waals surface area contributed by atoms with Crippen molar-refractivity contribution in [2.24, 2.45) is 5.92 Å². The second kappa shape index (κ2) is 5.05. The second-order valence-electron chi connectivity index (χ2n) is 4.56. The van der Waals surface area contributed by atoms with Crippen LogP contribution in [0.25, 0.3) is 0 Å². The third-order valence-electron chi connectivity index (χ3n) is 3.52. The Kier molecular flexibility index (Phi) is 3.61. The Balaban J connectivity index is 2.38. The molecule has 102 valence electrons. The number of nitro benzene ring substituents is 1. The fourth-order valence-corrected chi connectivity index (χ4v) is 2.66. The van der Waals surface area contributed by atoms with E-state index in [2.05, 4.69) is 0 Å². The third kappa shape index (κ3) is 2.49. The highest BCUT2D eigenvalue weighted by molar-refractivity contribution is 6.30. The van der Waals surface area contributed by atoms with Crippen LogP contribution in [-0.4, -0.2) is 28.6 Å². The van der Waals surface area contributed by atoms with Gasteiger partial charge in [0.1, 0.15) is 5.69 Å². The lowest BCUT2D eigenvalue weighted by Crippen LogP contribution is -2.33. The molecule has 7 heteroatoms. The Morgan fingerprint density at radius 1 is 1.58 bits per heavy atom. The van der Waals surface area contributed by atoms with Gasteiger partial charge in [0.15, 0.2) is 0 Å². The molecule has 0 radical (unpaired) electrons. The SMILES string of the molecule is CC1C(C(=O)O)CCN1c1ccc(Cl)cc1[N+](=O)[O-]. The van der Waals surface area contributed by atoms with E-state index in [4.69, 9.17) is 16.7 Å². The summed E-state index contributed by atoms with van der Waals surface area (Å²) in [4.78, 5) is 23.4. The first-order valence-corrected chi connectivity index (χ1v) is 6.23. The summed E-state index contributed by atoms with van der Waals surface area (Å²) in [6.45, 7) is 2.25. The van der Waals surface area contributed by atoms with Crippen molar-refractivity contribution in [3.05, 3.63) is 33.3 Å². The van der Waals surface area contributed by atoms with Gasteiger partial charge in [0.2, 0.25) is 0 Å². The van der Waals surface area contributed by atoms with E-state index in [9.17, 15) is 14.9 Å². The third-order valence-corrected chi connectivity index (χ3v) is 3.75. The molecular weight excluding hydrogens is 272 g/mol. The highest BCUT2D eigenvalue weighted by Gasteiger charge is 2.38. The van der Waals surface area contributed by atoms with Crippen LogP contribution in [0.1, 0.15) is 13.3 Å². The maximum absolute atomic E-state index is 11.1. The fraction of sp³-hybridized carbons (Fsp3) is 0.417. The molecule has 1 fully saturated rings. The van der Waals surface area contributed by atoms with E-state index in [0.29, 0.717) is 18.7 Å². The van der Waals surface area contributed by atoms with Gasteiger partial charge in [-0.3, -0.25) is 14.9 Å². The van der Waals surface area contributed by atoms with E-state index < -0.39 is 16.8 Å². The minimum Gasteiger partial charge on any atom is -0.481 e. The molecule has 19 heavy (non-hydrogen) atoms. The molecule has 0 saturated carbocycles. The minimum absolute atomic E-state index is 0.0922. The number of nitrogens with zero attached hydrogens (tertiary/aromatic N) is 2. The molecule has 0 aliphatic carbocycles. The lowest BCUT2D eigenvalue weighted by atomic mass is 10.0. The maximum Gasteiger partial charge on any atom is 0.308 e. The van der Waals surface area contributed by atoms with Crippen molar-refractivity contribution in [3.63, 3.8) is 0 Å². The van der Waals surface area contributed by atoms with Gasteiger partial charge in [0.25, 0.3) is 5.69 Å². The van der Waals surface area contributed by atoms with Crippen molar-refractivity contribution in [2.45, 2.75) is 19.4 Å². The van der Waals surface area contributed by atoms with Crippen LogP contribution in [-0.2, 0) is 4.79 Å². The summed E-state index contributed by atoms with van der Waals surface area (Å²) >= 11 is 5.77. The number of nitro groups is 1. The number of carbonyl (C=O) groups is 1. The Hall–Kier alpha value is -1.82. The van der Waals surface area contributed by atoms with Gasteiger partial charge in [-0.25, -0.2) is 0 Å². The van der Waals surface area contributed by atoms with Crippen molar-refractivity contribution >= 4 is 28.9 Å². The summed E-state index contributed by atoms with van der Waals surface area (Å²) < 4.78 is 0. The molecule has 1 saturated heterocycles. The van der Waals surface area contributed by atoms with E-state index in [1.807, 2.05) is 0 Å². The molecule has 0 bridgehead atoms. The van der Waals surface area contributed by atoms with Crippen LogP contribution in [0, 0.1) is 16.0 Å². The number of hydrogen-bond acceptors (Lipinski definition) is 4. The van der Waals surface area contributed by atoms with E-state index in [0.717, 1.165) is 0 Å². The Bertz CT molecular complexity index is 534. The monoisotopic (exact) mass is 284 g/mol. The van der Waals surface area contributed by atoms with Gasteiger partial charge in [-0.2, -0.15) is 0 Å². The maximum atomic E-state index is 11.1. The Morgan fingerprint density at radius 3 is 2.79 bits per heavy atom. The molecule has 1 aromatic rings. The van der Waals surface area contributed by atoms with E-state index in [1.54, 1.807) is 24.0 Å². The first kappa shape index (κ1) is 13.6. The van der Waals surface area contributed by atoms with Crippen molar-refractivity contribution in [1.82, 2.24) is 0 Å². The molecule has 2 rings (SSSR count). The van der Waals surface area contributed by atoms with E-state index in [-0.39, 0.29) is 16.8 Å². The van der Waals surface area contributed by atoms with Crippen LogP contribution in [0.2, 0.25) is 5.02 Å². The molecule has 1 aliphatic rings. The molecule has 6 nitrogen and oxygen atoms in total. The zero-order chi connectivity index (χ0) is 14.2. The number of benzene rings is 1. The van der Waals surface area contributed by atoms with Gasteiger partial charge >= 0.3 is 5.97 Å². The van der Waals surface area contributed by atoms with Gasteiger partial charge in [0, 0.05) is 23.7 Å². The number of carboxylic acids is 1. The standard InChI is InChI=1S/C12H13ClN2O4/c1-7-9(12(16)17)4-5-14(7)10-3-2-8(13)6-11(10)15(18)19/h2-3,6-7,9H,4-5H2,1H3,(H,16,17). The van der Waals surface area contributed by atoms with E-state index >= 15 is 0 Å². The van der Waals surface area contributed by atoms with Crippen LogP contribution in [0.3, 0.4) is 0 Å². The van der Waals surface area contributed by atoms with Gasteiger partial charge in [-0.15, -0.1) is 0 Å². The van der Waals surface area contributed by atoms with Gasteiger partial charge < -0.3 is 10.0 Å². The molecule has 1 aromatic carbocycles. The second-order valence-corrected chi connectivity index (χ2v) is 4.99. The molecule has 1 N–H and O–H groups in total. The number of aliphatic carboxylic acids is 1. The largest absolute Gasteiger partial charge is 0.481 e. The van der Waals surface area contributed by atoms with Crippen molar-refractivity contribution in [1.29, 1.82) is 0 Å². The Morgan fingerprint density at radius 2 is 2.26 bits per heavy atom. The average Bonchev–Trinajstić information content (AvgIpc) is 2.71. The van der Waals surface area contributed by atoms with Gasteiger partial charge in [0.05, 0.1) is 10.8 Å². The lowest BCUT2D eigenvalue weighted by Gasteiger charge is -2.25. The molecule has 0 aromatic heterocycles. The molecule has 2 unspecified atom stereocenters. The van der Waals surface area contributed by atoms with Crippen molar-refractivity contribution < 1.29 is 14.8 Å². The summed E-state index contributed by atoms with van der Waals surface area (Å²) in [5.41, 5.74) is 0.330. The highest BCUT2D eigenvalue weighted by Crippen LogP contribution is 2.37. The molecule has 0 amide bonds. The summed E-state index contributed by atoms with van der Waals surface area (Å²) in [7, 11) is 0. The van der Waals surface area contributed by atoms with Gasteiger partial charge in [-0.05, 0) is 25.5 Å².